The van der Waals surface area contributed by atoms with Crippen LogP contribution in [0.25, 0.3) is 0 Å². The number of carbonyl (C=O) groups excluding carboxylic acids is 1. The van der Waals surface area contributed by atoms with E-state index in [2.05, 4.69) is 10.6 Å². The third-order valence-corrected chi connectivity index (χ3v) is 7.37. The molecule has 9 heteroatoms. The molecule has 1 saturated heterocycles. The lowest BCUT2D eigenvalue weighted by molar-refractivity contribution is 0.0865. The number of nitrogens with one attached hydrogen (secondary N) is 2. The van der Waals surface area contributed by atoms with Gasteiger partial charge in [0.25, 0.3) is 5.91 Å². The number of nitrogens with zero attached hydrogens (tertiary/aromatic N) is 1. The van der Waals surface area contributed by atoms with E-state index >= 15 is 0 Å². The van der Waals surface area contributed by atoms with Crippen molar-refractivity contribution in [1.29, 1.82) is 0 Å². The number of benzene rings is 2. The summed E-state index contributed by atoms with van der Waals surface area (Å²) in [6.07, 6.45) is 0.909. The summed E-state index contributed by atoms with van der Waals surface area (Å²) in [5, 5.41) is 6.86. The van der Waals surface area contributed by atoms with Crippen LogP contribution in [0.1, 0.15) is 23.2 Å². The van der Waals surface area contributed by atoms with Crippen molar-refractivity contribution in [3.8, 4) is 5.75 Å². The molecule has 4 rings (SSSR count). The first kappa shape index (κ1) is 19.0. The number of halogens is 1. The van der Waals surface area contributed by atoms with Gasteiger partial charge >= 0.3 is 0 Å². The summed E-state index contributed by atoms with van der Waals surface area (Å²) in [7, 11) is -2.07. The highest BCUT2D eigenvalue weighted by Crippen LogP contribution is 2.34. The fraction of sp³-hybridized carbons (Fsp3) is 0.316. The number of piperidine rings is 1. The highest BCUT2D eigenvalue weighted by molar-refractivity contribution is 7.89. The number of hydrogen-bond acceptors (Lipinski definition) is 5. The van der Waals surface area contributed by atoms with E-state index in [1.807, 2.05) is 0 Å². The number of sulfonamides is 1. The van der Waals surface area contributed by atoms with E-state index in [0.29, 0.717) is 48.0 Å². The maximum Gasteiger partial charge on any atom is 0.255 e. The van der Waals surface area contributed by atoms with E-state index in [-0.39, 0.29) is 10.8 Å². The molecule has 2 N–H and O–H groups in total. The van der Waals surface area contributed by atoms with Gasteiger partial charge in [-0.25, -0.2) is 8.42 Å². The van der Waals surface area contributed by atoms with E-state index in [4.69, 9.17) is 16.3 Å². The van der Waals surface area contributed by atoms with Crippen molar-refractivity contribution in [2.75, 3.05) is 25.5 Å². The minimum atomic E-state index is -3.60. The molecule has 1 fully saturated rings. The van der Waals surface area contributed by atoms with Crippen LogP contribution in [0.15, 0.2) is 47.4 Å². The Morgan fingerprint density at radius 1 is 1.07 bits per heavy atom. The molecular weight excluding hydrogens is 402 g/mol. The first-order chi connectivity index (χ1) is 13.3. The van der Waals surface area contributed by atoms with Crippen LogP contribution in [0.3, 0.4) is 0 Å². The second-order valence-electron chi connectivity index (χ2n) is 6.93. The summed E-state index contributed by atoms with van der Waals surface area (Å²) in [6.45, 7) is 0.592. The predicted octanol–water partition coefficient (Wildman–Crippen LogP) is 2.68. The Hall–Kier alpha value is -2.29. The molecule has 0 radical (unpaired) electrons. The van der Waals surface area contributed by atoms with E-state index in [0.717, 1.165) is 0 Å². The maximum atomic E-state index is 12.9. The second kappa shape index (κ2) is 6.95. The molecule has 0 unspecified atom stereocenters. The molecular formula is C19H20ClN3O4S. The molecule has 0 saturated carbocycles. The number of methoxy groups -OCH3 is 1. The van der Waals surface area contributed by atoms with Gasteiger partial charge in [0.2, 0.25) is 10.0 Å². The molecule has 28 heavy (non-hydrogen) atoms. The van der Waals surface area contributed by atoms with Gasteiger partial charge in [-0.1, -0.05) is 11.6 Å². The summed E-state index contributed by atoms with van der Waals surface area (Å²) in [6, 6.07) is 11.5. The van der Waals surface area contributed by atoms with Crippen LogP contribution >= 0.6 is 11.6 Å². The monoisotopic (exact) mass is 421 g/mol. The van der Waals surface area contributed by atoms with Crippen molar-refractivity contribution < 1.29 is 17.9 Å². The first-order valence-electron chi connectivity index (χ1n) is 8.87. The maximum absolute atomic E-state index is 12.9. The third-order valence-electron chi connectivity index (χ3n) is 5.23. The molecule has 7 nitrogen and oxygen atoms in total. The van der Waals surface area contributed by atoms with Gasteiger partial charge in [0.1, 0.15) is 11.4 Å². The van der Waals surface area contributed by atoms with Crippen LogP contribution in [0.4, 0.5) is 5.69 Å². The van der Waals surface area contributed by atoms with Gasteiger partial charge in [-0.3, -0.25) is 4.79 Å². The molecule has 0 aliphatic carbocycles. The van der Waals surface area contributed by atoms with Gasteiger partial charge in [-0.2, -0.15) is 4.31 Å². The zero-order chi connectivity index (χ0) is 19.9. The Bertz CT molecular complexity index is 1020. The molecule has 2 aliphatic heterocycles. The lowest BCUT2D eigenvalue weighted by atomic mass is 9.93. The fourth-order valence-electron chi connectivity index (χ4n) is 3.64. The predicted molar refractivity (Wildman–Crippen MR) is 106 cm³/mol. The summed E-state index contributed by atoms with van der Waals surface area (Å²) in [5.74, 6) is 0.396. The molecule has 0 atom stereocenters. The summed E-state index contributed by atoms with van der Waals surface area (Å²) in [5.41, 5.74) is 0.537. The standard InChI is InChI=1S/C19H20ClN3O4S/c1-27-14-3-5-15(6-4-14)28(25,26)23-10-8-19(9-11-23)21-17-7-2-13(20)12-16(17)18(24)22-19/h2-7,12,21H,8-11H2,1H3,(H,22,24). The van der Waals surface area contributed by atoms with Crippen molar-refractivity contribution in [1.82, 2.24) is 9.62 Å². The molecule has 2 aromatic rings. The Kier molecular flexibility index (Phi) is 4.73. The number of hydrogen-bond donors (Lipinski definition) is 2. The average molecular weight is 422 g/mol. The first-order valence-corrected chi connectivity index (χ1v) is 10.7. The molecule has 2 heterocycles. The molecule has 2 aliphatic rings. The lowest BCUT2D eigenvalue weighted by Crippen LogP contribution is -2.62. The summed E-state index contributed by atoms with van der Waals surface area (Å²) >= 11 is 5.98. The quantitative estimate of drug-likeness (QED) is 0.795. The Morgan fingerprint density at radius 2 is 1.75 bits per heavy atom. The van der Waals surface area contributed by atoms with E-state index in [1.54, 1.807) is 42.5 Å². The fourth-order valence-corrected chi connectivity index (χ4v) is 5.26. The second-order valence-corrected chi connectivity index (χ2v) is 9.31. The zero-order valence-corrected chi connectivity index (χ0v) is 16.8. The van der Waals surface area contributed by atoms with Crippen molar-refractivity contribution in [2.24, 2.45) is 0 Å². The number of fused-ring (bicyclic) bond motifs is 1. The summed E-state index contributed by atoms with van der Waals surface area (Å²) in [4.78, 5) is 12.7. The van der Waals surface area contributed by atoms with E-state index in [1.165, 1.54) is 11.4 Å². The molecule has 148 valence electrons. The molecule has 1 spiro atoms. The molecule has 0 aromatic heterocycles. The zero-order valence-electron chi connectivity index (χ0n) is 15.2. The Morgan fingerprint density at radius 3 is 2.39 bits per heavy atom. The van der Waals surface area contributed by atoms with Crippen molar-refractivity contribution in [3.05, 3.63) is 53.1 Å². The normalized spacial score (nSPS) is 18.9. The smallest absolute Gasteiger partial charge is 0.255 e. The van der Waals surface area contributed by atoms with Gasteiger partial charge in [0, 0.05) is 36.6 Å². The van der Waals surface area contributed by atoms with Gasteiger partial charge < -0.3 is 15.4 Å². The van der Waals surface area contributed by atoms with E-state index in [9.17, 15) is 13.2 Å². The number of carbonyl (C=O) groups is 1. The van der Waals surface area contributed by atoms with Gasteiger partial charge in [0.05, 0.1) is 17.6 Å². The Balaban J connectivity index is 1.51. The minimum absolute atomic E-state index is 0.206. The lowest BCUT2D eigenvalue weighted by Gasteiger charge is -2.45. The van der Waals surface area contributed by atoms with Crippen molar-refractivity contribution in [2.45, 2.75) is 23.4 Å². The average Bonchev–Trinajstić information content (AvgIpc) is 2.69. The number of anilines is 1. The summed E-state index contributed by atoms with van der Waals surface area (Å²) < 4.78 is 32.4. The third kappa shape index (κ3) is 3.32. The molecule has 0 bridgehead atoms. The van der Waals surface area contributed by atoms with Crippen LogP contribution in [-0.4, -0.2) is 44.5 Å². The van der Waals surface area contributed by atoms with Gasteiger partial charge in [-0.05, 0) is 42.5 Å². The van der Waals surface area contributed by atoms with Gasteiger partial charge in [-0.15, -0.1) is 0 Å². The highest BCUT2D eigenvalue weighted by atomic mass is 35.5. The van der Waals surface area contributed by atoms with Gasteiger partial charge in [0.15, 0.2) is 0 Å². The topological polar surface area (TPSA) is 87.7 Å². The van der Waals surface area contributed by atoms with Crippen LogP contribution < -0.4 is 15.4 Å². The molecule has 2 aromatic carbocycles. The highest BCUT2D eigenvalue weighted by Gasteiger charge is 2.42. The van der Waals surface area contributed by atoms with Crippen molar-refractivity contribution in [3.63, 3.8) is 0 Å². The Labute approximate surface area is 168 Å². The van der Waals surface area contributed by atoms with Crippen LogP contribution in [0, 0.1) is 0 Å². The number of rotatable bonds is 3. The SMILES string of the molecule is COc1ccc(S(=O)(=O)N2CCC3(CC2)NC(=O)c2cc(Cl)ccc2N3)cc1. The minimum Gasteiger partial charge on any atom is -0.497 e. The van der Waals surface area contributed by atoms with Crippen LogP contribution in [0.5, 0.6) is 5.75 Å². The van der Waals surface area contributed by atoms with Crippen molar-refractivity contribution >= 4 is 33.2 Å². The number of ether oxygens (including phenoxy) is 1. The van der Waals surface area contributed by atoms with Crippen LogP contribution in [0.2, 0.25) is 5.02 Å². The number of amides is 1. The van der Waals surface area contributed by atoms with Crippen LogP contribution in [-0.2, 0) is 10.0 Å². The largest absolute Gasteiger partial charge is 0.497 e. The molecule has 1 amide bonds. The van der Waals surface area contributed by atoms with E-state index < -0.39 is 15.7 Å².